The molecule has 0 spiro atoms. The zero-order valence-corrected chi connectivity index (χ0v) is 15.7. The van der Waals surface area contributed by atoms with E-state index >= 15 is 0 Å². The minimum absolute atomic E-state index is 0.0575. The third kappa shape index (κ3) is 3.49. The second kappa shape index (κ2) is 7.17. The molecule has 1 amide bonds. The summed E-state index contributed by atoms with van der Waals surface area (Å²) in [5.41, 5.74) is -0.255. The maximum absolute atomic E-state index is 13.6. The Morgan fingerprint density at radius 2 is 2.25 bits per heavy atom. The number of hydrogen-bond acceptors (Lipinski definition) is 5. The smallest absolute Gasteiger partial charge is 0.410 e. The summed E-state index contributed by atoms with van der Waals surface area (Å²) in [6.07, 6.45) is -3.52. The van der Waals surface area contributed by atoms with Crippen LogP contribution in [0.4, 0.5) is 19.0 Å². The average Bonchev–Trinajstić information content (AvgIpc) is 3.40. The quantitative estimate of drug-likeness (QED) is 0.624. The van der Waals surface area contributed by atoms with E-state index in [1.165, 1.54) is 17.6 Å². The SMILES string of the molecule is O=C(NCc1cccs1)c1nn2c(c1Cl)N[C@@H](c1ccco1)C[C@@H]2C(F)(F)F. The first-order valence-electron chi connectivity index (χ1n) is 8.30. The Morgan fingerprint density at radius 3 is 2.89 bits per heavy atom. The van der Waals surface area contributed by atoms with Gasteiger partial charge in [0.15, 0.2) is 11.7 Å². The second-order valence-corrected chi connectivity index (χ2v) is 7.63. The number of thiophene rings is 1. The number of rotatable bonds is 4. The van der Waals surface area contributed by atoms with Crippen LogP contribution in [0.25, 0.3) is 0 Å². The summed E-state index contributed by atoms with van der Waals surface area (Å²) >= 11 is 7.69. The number of halogens is 4. The molecule has 28 heavy (non-hydrogen) atoms. The van der Waals surface area contributed by atoms with Crippen LogP contribution in [0.3, 0.4) is 0 Å². The maximum atomic E-state index is 13.6. The van der Waals surface area contributed by atoms with Crippen LogP contribution in [0.5, 0.6) is 0 Å². The maximum Gasteiger partial charge on any atom is 0.410 e. The molecule has 2 atom stereocenters. The largest absolute Gasteiger partial charge is 0.467 e. The first-order valence-corrected chi connectivity index (χ1v) is 9.55. The molecule has 148 valence electrons. The van der Waals surface area contributed by atoms with Crippen LogP contribution >= 0.6 is 22.9 Å². The zero-order chi connectivity index (χ0) is 19.9. The van der Waals surface area contributed by atoms with Crippen LogP contribution in [0.1, 0.15) is 39.6 Å². The molecule has 0 saturated carbocycles. The third-order valence-electron chi connectivity index (χ3n) is 4.40. The van der Waals surface area contributed by atoms with Crippen molar-refractivity contribution >= 4 is 34.7 Å². The Labute approximate surface area is 166 Å². The van der Waals surface area contributed by atoms with Crippen molar-refractivity contribution in [1.29, 1.82) is 0 Å². The van der Waals surface area contributed by atoms with Crippen LogP contribution in [0.15, 0.2) is 40.3 Å². The summed E-state index contributed by atoms with van der Waals surface area (Å²) in [5.74, 6) is -0.350. The average molecular weight is 431 g/mol. The van der Waals surface area contributed by atoms with Gasteiger partial charge in [-0.15, -0.1) is 11.3 Å². The minimum atomic E-state index is -4.57. The van der Waals surface area contributed by atoms with Crippen molar-refractivity contribution in [2.45, 2.75) is 31.2 Å². The van der Waals surface area contributed by atoms with E-state index in [-0.39, 0.29) is 29.5 Å². The third-order valence-corrected chi connectivity index (χ3v) is 5.63. The Hall–Kier alpha value is -2.46. The number of furan rings is 1. The monoisotopic (exact) mass is 430 g/mol. The molecule has 0 aromatic carbocycles. The van der Waals surface area contributed by atoms with Crippen molar-refractivity contribution in [2.24, 2.45) is 0 Å². The Morgan fingerprint density at radius 1 is 1.43 bits per heavy atom. The van der Waals surface area contributed by atoms with Crippen molar-refractivity contribution in [2.75, 3.05) is 5.32 Å². The standard InChI is InChI=1S/C17H14ClF3N4O2S/c18-13-14(16(26)22-8-9-3-2-6-28-9)24-25-12(17(19,20)21)7-10(23-15(13)25)11-4-1-5-27-11/h1-6,10,12,23H,7-8H2,(H,22,26)/t10-,12-/m1/s1. The van der Waals surface area contributed by atoms with E-state index < -0.39 is 24.2 Å². The summed E-state index contributed by atoms with van der Waals surface area (Å²) in [4.78, 5) is 13.4. The van der Waals surface area contributed by atoms with E-state index in [0.29, 0.717) is 5.76 Å². The number of amides is 1. The molecular weight excluding hydrogens is 417 g/mol. The van der Waals surface area contributed by atoms with Crippen LogP contribution in [0.2, 0.25) is 5.02 Å². The first-order chi connectivity index (χ1) is 13.3. The molecule has 0 unspecified atom stereocenters. The van der Waals surface area contributed by atoms with Crippen LogP contribution < -0.4 is 10.6 Å². The fraction of sp³-hybridized carbons (Fsp3) is 0.294. The molecule has 11 heteroatoms. The van der Waals surface area contributed by atoms with Gasteiger partial charge >= 0.3 is 6.18 Å². The van der Waals surface area contributed by atoms with Gasteiger partial charge in [-0.25, -0.2) is 4.68 Å². The second-order valence-electron chi connectivity index (χ2n) is 6.22. The van der Waals surface area contributed by atoms with Gasteiger partial charge in [0.2, 0.25) is 0 Å². The molecule has 0 radical (unpaired) electrons. The summed E-state index contributed by atoms with van der Waals surface area (Å²) in [7, 11) is 0. The van der Waals surface area contributed by atoms with Gasteiger partial charge in [0.25, 0.3) is 5.91 Å². The molecule has 0 bridgehead atoms. The molecule has 6 nitrogen and oxygen atoms in total. The molecule has 0 fully saturated rings. The van der Waals surface area contributed by atoms with E-state index in [1.54, 1.807) is 12.1 Å². The van der Waals surface area contributed by atoms with Crippen LogP contribution in [-0.2, 0) is 6.54 Å². The highest BCUT2D eigenvalue weighted by atomic mass is 35.5. The zero-order valence-electron chi connectivity index (χ0n) is 14.2. The van der Waals surface area contributed by atoms with Gasteiger partial charge in [0, 0.05) is 11.3 Å². The lowest BCUT2D eigenvalue weighted by Crippen LogP contribution is -2.35. The number of hydrogen-bond donors (Lipinski definition) is 2. The summed E-state index contributed by atoms with van der Waals surface area (Å²) < 4.78 is 46.9. The predicted molar refractivity (Wildman–Crippen MR) is 97.5 cm³/mol. The van der Waals surface area contributed by atoms with Crippen LogP contribution in [0, 0.1) is 0 Å². The minimum Gasteiger partial charge on any atom is -0.467 e. The van der Waals surface area contributed by atoms with Crippen molar-refractivity contribution in [3.05, 3.63) is 57.3 Å². The lowest BCUT2D eigenvalue weighted by Gasteiger charge is -2.32. The van der Waals surface area contributed by atoms with Gasteiger partial charge in [-0.1, -0.05) is 17.7 Å². The van der Waals surface area contributed by atoms with E-state index in [2.05, 4.69) is 15.7 Å². The molecule has 3 aromatic rings. The van der Waals surface area contributed by atoms with Gasteiger partial charge in [-0.2, -0.15) is 18.3 Å². The highest BCUT2D eigenvalue weighted by Gasteiger charge is 2.48. The molecular formula is C17H14ClF3N4O2S. The molecule has 3 aromatic heterocycles. The number of nitrogens with one attached hydrogen (secondary N) is 2. The van der Waals surface area contributed by atoms with Gasteiger partial charge in [0.05, 0.1) is 18.8 Å². The van der Waals surface area contributed by atoms with Gasteiger partial charge in [-0.3, -0.25) is 4.79 Å². The summed E-state index contributed by atoms with van der Waals surface area (Å²) in [6, 6.07) is 4.16. The molecule has 4 rings (SSSR count). The Bertz CT molecular complexity index is 970. The highest BCUT2D eigenvalue weighted by molar-refractivity contribution is 7.09. The summed E-state index contributed by atoms with van der Waals surface area (Å²) in [5, 5.41) is 11.1. The fourth-order valence-electron chi connectivity index (χ4n) is 3.07. The van der Waals surface area contributed by atoms with Crippen molar-refractivity contribution in [3.63, 3.8) is 0 Å². The first kappa shape index (κ1) is 18.9. The molecule has 0 saturated heterocycles. The van der Waals surface area contributed by atoms with E-state index in [0.717, 1.165) is 9.56 Å². The topological polar surface area (TPSA) is 72.1 Å². The van der Waals surface area contributed by atoms with Crippen molar-refractivity contribution < 1.29 is 22.4 Å². The van der Waals surface area contributed by atoms with Gasteiger partial charge < -0.3 is 15.1 Å². The Balaban J connectivity index is 1.65. The normalized spacial score (nSPS) is 19.1. The van der Waals surface area contributed by atoms with Gasteiger partial charge in [-0.05, 0) is 23.6 Å². The predicted octanol–water partition coefficient (Wildman–Crippen LogP) is 4.78. The lowest BCUT2D eigenvalue weighted by molar-refractivity contribution is -0.174. The van der Waals surface area contributed by atoms with Gasteiger partial charge in [0.1, 0.15) is 16.6 Å². The molecule has 1 aliphatic heterocycles. The van der Waals surface area contributed by atoms with Crippen LogP contribution in [-0.4, -0.2) is 21.9 Å². The number of nitrogens with zero attached hydrogens (tertiary/aromatic N) is 2. The number of alkyl halides is 3. The lowest BCUT2D eigenvalue weighted by atomic mass is 10.0. The molecule has 0 aliphatic carbocycles. The highest BCUT2D eigenvalue weighted by Crippen LogP contribution is 2.46. The van der Waals surface area contributed by atoms with E-state index in [4.69, 9.17) is 16.0 Å². The van der Waals surface area contributed by atoms with Crippen molar-refractivity contribution in [3.8, 4) is 0 Å². The molecule has 2 N–H and O–H groups in total. The number of carbonyl (C=O) groups is 1. The number of fused-ring (bicyclic) bond motifs is 1. The molecule has 4 heterocycles. The van der Waals surface area contributed by atoms with Crippen molar-refractivity contribution in [1.82, 2.24) is 15.1 Å². The number of aromatic nitrogens is 2. The van der Waals surface area contributed by atoms with E-state index in [9.17, 15) is 18.0 Å². The van der Waals surface area contributed by atoms with E-state index in [1.807, 2.05) is 17.5 Å². The Kier molecular flexibility index (Phi) is 4.84. The number of carbonyl (C=O) groups excluding carboxylic acids is 1. The molecule has 1 aliphatic rings. The summed E-state index contributed by atoms with van der Waals surface area (Å²) in [6.45, 7) is 0.236. The number of anilines is 1. The fourth-order valence-corrected chi connectivity index (χ4v) is 3.98.